The van der Waals surface area contributed by atoms with Gasteiger partial charge in [-0.15, -0.1) is 0 Å². The molecule has 0 saturated carbocycles. The number of amidine groups is 1. The molecule has 2 heterocycles. The minimum Gasteiger partial charge on any atom is -0.391 e. The highest BCUT2D eigenvalue weighted by molar-refractivity contribution is 8.14. The molecule has 0 aromatic carbocycles. The largest absolute Gasteiger partial charge is 0.391 e. The van der Waals surface area contributed by atoms with Crippen LogP contribution in [0.1, 0.15) is 26.7 Å². The second-order valence-electron chi connectivity index (χ2n) is 4.47. The normalized spacial score (nSPS) is 35.5. The Morgan fingerprint density at radius 1 is 1.62 bits per heavy atom. The first-order valence-electron chi connectivity index (χ1n) is 5.91. The minimum atomic E-state index is -0.380. The molecule has 0 aliphatic carbocycles. The van der Waals surface area contributed by atoms with Crippen LogP contribution in [0.25, 0.3) is 0 Å². The van der Waals surface area contributed by atoms with Crippen molar-refractivity contribution in [2.45, 2.75) is 50.4 Å². The van der Waals surface area contributed by atoms with Gasteiger partial charge in [0.05, 0.1) is 18.2 Å². The Balaban J connectivity index is 1.96. The number of ether oxygens (including phenoxy) is 1. The molecule has 0 aromatic heterocycles. The number of aliphatic hydroxyl groups is 1. The Hall–Kier alpha value is -0.260. The molecule has 4 atom stereocenters. The zero-order valence-corrected chi connectivity index (χ0v) is 10.9. The molecular formula is C11H20N2O2S. The number of aliphatic hydroxyl groups excluding tert-OH is 1. The smallest absolute Gasteiger partial charge is 0.161 e. The summed E-state index contributed by atoms with van der Waals surface area (Å²) in [7, 11) is 2.05. The molecule has 0 unspecified atom stereocenters. The molecular weight excluding hydrogens is 224 g/mol. The highest BCUT2D eigenvalue weighted by Crippen LogP contribution is 2.37. The van der Waals surface area contributed by atoms with Crippen molar-refractivity contribution in [2.75, 3.05) is 13.6 Å². The van der Waals surface area contributed by atoms with E-state index in [2.05, 4.69) is 23.9 Å². The lowest BCUT2D eigenvalue weighted by molar-refractivity contribution is -0.0729. The molecule has 0 amide bonds. The van der Waals surface area contributed by atoms with Crippen molar-refractivity contribution in [1.82, 2.24) is 4.90 Å². The van der Waals surface area contributed by atoms with E-state index < -0.39 is 0 Å². The molecule has 16 heavy (non-hydrogen) atoms. The molecule has 1 N–H and O–H groups in total. The molecule has 2 rings (SSSR count). The second kappa shape index (κ2) is 4.94. The van der Waals surface area contributed by atoms with Gasteiger partial charge in [0.1, 0.15) is 5.44 Å². The van der Waals surface area contributed by atoms with E-state index in [0.29, 0.717) is 0 Å². The average molecular weight is 244 g/mol. The summed E-state index contributed by atoms with van der Waals surface area (Å²) in [5.41, 5.74) is 0.109. The summed E-state index contributed by atoms with van der Waals surface area (Å²) in [5, 5.41) is 10.6. The predicted molar refractivity (Wildman–Crippen MR) is 66.7 cm³/mol. The number of hydrogen-bond acceptors (Lipinski definition) is 5. The number of thioether (sulfide) groups is 1. The van der Waals surface area contributed by atoms with E-state index in [1.165, 1.54) is 0 Å². The topological polar surface area (TPSA) is 45.1 Å². The van der Waals surface area contributed by atoms with Crippen molar-refractivity contribution in [3.63, 3.8) is 0 Å². The summed E-state index contributed by atoms with van der Waals surface area (Å²) < 4.78 is 5.87. The first-order valence-corrected chi connectivity index (χ1v) is 6.79. The molecule has 0 bridgehead atoms. The van der Waals surface area contributed by atoms with Gasteiger partial charge in [-0.2, -0.15) is 0 Å². The fourth-order valence-corrected chi connectivity index (χ4v) is 3.25. The van der Waals surface area contributed by atoms with E-state index >= 15 is 0 Å². The molecule has 4 nitrogen and oxygen atoms in total. The summed E-state index contributed by atoms with van der Waals surface area (Å²) >= 11 is 1.69. The van der Waals surface area contributed by atoms with Gasteiger partial charge in [0.25, 0.3) is 0 Å². The van der Waals surface area contributed by atoms with E-state index in [1.54, 1.807) is 18.7 Å². The number of aliphatic imine (C=N–C) groups is 1. The minimum absolute atomic E-state index is 0.0183. The van der Waals surface area contributed by atoms with Crippen LogP contribution < -0.4 is 0 Å². The standard InChI is InChI=1S/C11H20N2O2S/c1-4-13(3)11-12-8-5-6-9(7(2)14)15-10(8)16-11/h7-10,14H,4-6H2,1-3H3/t7-,8-,9-,10-/m1/s1. The van der Waals surface area contributed by atoms with Gasteiger partial charge >= 0.3 is 0 Å². The Kier molecular flexibility index (Phi) is 3.77. The van der Waals surface area contributed by atoms with Gasteiger partial charge in [-0.1, -0.05) is 11.8 Å². The van der Waals surface area contributed by atoms with E-state index in [0.717, 1.165) is 24.6 Å². The summed E-state index contributed by atoms with van der Waals surface area (Å²) in [6.45, 7) is 4.88. The monoisotopic (exact) mass is 244 g/mol. The Bertz CT molecular complexity index is 283. The van der Waals surface area contributed by atoms with Gasteiger partial charge in [0.15, 0.2) is 5.17 Å². The van der Waals surface area contributed by atoms with Crippen LogP contribution >= 0.6 is 11.8 Å². The van der Waals surface area contributed by atoms with Crippen molar-refractivity contribution < 1.29 is 9.84 Å². The maximum atomic E-state index is 9.54. The lowest BCUT2D eigenvalue weighted by Crippen LogP contribution is -2.39. The first-order chi connectivity index (χ1) is 7.61. The van der Waals surface area contributed by atoms with Crippen LogP contribution in [0.15, 0.2) is 4.99 Å². The van der Waals surface area contributed by atoms with Crippen molar-refractivity contribution in [2.24, 2.45) is 4.99 Å². The fourth-order valence-electron chi connectivity index (χ4n) is 1.99. The zero-order chi connectivity index (χ0) is 11.7. The van der Waals surface area contributed by atoms with Crippen LogP contribution in [0.2, 0.25) is 0 Å². The molecule has 0 spiro atoms. The predicted octanol–water partition coefficient (Wildman–Crippen LogP) is 1.30. The van der Waals surface area contributed by atoms with Crippen molar-refractivity contribution >= 4 is 16.9 Å². The molecule has 2 aliphatic heterocycles. The lowest BCUT2D eigenvalue weighted by Gasteiger charge is -2.32. The van der Waals surface area contributed by atoms with E-state index in [9.17, 15) is 5.11 Å². The molecule has 5 heteroatoms. The summed E-state index contributed by atoms with van der Waals surface area (Å²) in [4.78, 5) is 6.82. The van der Waals surface area contributed by atoms with Crippen molar-refractivity contribution in [3.05, 3.63) is 0 Å². The third kappa shape index (κ3) is 2.36. The third-order valence-corrected chi connectivity index (χ3v) is 4.49. The van der Waals surface area contributed by atoms with Gasteiger partial charge in [-0.3, -0.25) is 4.99 Å². The number of fused-ring (bicyclic) bond motifs is 1. The quantitative estimate of drug-likeness (QED) is 0.795. The second-order valence-corrected chi connectivity index (χ2v) is 5.54. The Labute approximate surface area is 101 Å². The molecule has 1 fully saturated rings. The van der Waals surface area contributed by atoms with E-state index in [1.807, 2.05) is 0 Å². The van der Waals surface area contributed by atoms with Crippen LogP contribution in [0, 0.1) is 0 Å². The van der Waals surface area contributed by atoms with Crippen LogP contribution in [0.3, 0.4) is 0 Å². The molecule has 0 aromatic rings. The Morgan fingerprint density at radius 2 is 2.38 bits per heavy atom. The van der Waals surface area contributed by atoms with Crippen molar-refractivity contribution in [1.29, 1.82) is 0 Å². The van der Waals surface area contributed by atoms with Crippen LogP contribution in [-0.4, -0.2) is 52.5 Å². The SMILES string of the molecule is CCN(C)C1=N[C@@H]2CC[C@H]([C@@H](C)O)O[C@@H]2S1. The van der Waals surface area contributed by atoms with Crippen molar-refractivity contribution in [3.8, 4) is 0 Å². The molecule has 2 aliphatic rings. The first kappa shape index (κ1) is 12.2. The number of hydrogen-bond donors (Lipinski definition) is 1. The number of rotatable bonds is 2. The molecule has 1 saturated heterocycles. The molecule has 92 valence electrons. The van der Waals surface area contributed by atoms with Gasteiger partial charge in [0, 0.05) is 13.6 Å². The Morgan fingerprint density at radius 3 is 3.00 bits per heavy atom. The van der Waals surface area contributed by atoms with Gasteiger partial charge < -0.3 is 14.7 Å². The van der Waals surface area contributed by atoms with Crippen LogP contribution in [0.4, 0.5) is 0 Å². The van der Waals surface area contributed by atoms with E-state index in [-0.39, 0.29) is 23.7 Å². The van der Waals surface area contributed by atoms with Gasteiger partial charge in [0.2, 0.25) is 0 Å². The zero-order valence-electron chi connectivity index (χ0n) is 10.1. The summed E-state index contributed by atoms with van der Waals surface area (Å²) in [6.07, 6.45) is 1.53. The molecule has 0 radical (unpaired) electrons. The number of nitrogens with zero attached hydrogens (tertiary/aromatic N) is 2. The fraction of sp³-hybridized carbons (Fsp3) is 0.909. The average Bonchev–Trinajstić information content (AvgIpc) is 2.70. The van der Waals surface area contributed by atoms with E-state index in [4.69, 9.17) is 4.74 Å². The lowest BCUT2D eigenvalue weighted by atomic mass is 10.0. The van der Waals surface area contributed by atoms with Crippen LogP contribution in [-0.2, 0) is 4.74 Å². The highest BCUT2D eigenvalue weighted by Gasteiger charge is 2.39. The summed E-state index contributed by atoms with van der Waals surface area (Å²) in [5.74, 6) is 0. The third-order valence-electron chi connectivity index (χ3n) is 3.21. The summed E-state index contributed by atoms with van der Waals surface area (Å²) in [6, 6.07) is 0.281. The maximum Gasteiger partial charge on any atom is 0.161 e. The van der Waals surface area contributed by atoms with Gasteiger partial charge in [-0.25, -0.2) is 0 Å². The highest BCUT2D eigenvalue weighted by atomic mass is 32.2. The van der Waals surface area contributed by atoms with Crippen LogP contribution in [0.5, 0.6) is 0 Å². The maximum absolute atomic E-state index is 9.54. The van der Waals surface area contributed by atoms with Gasteiger partial charge in [-0.05, 0) is 26.7 Å².